The van der Waals surface area contributed by atoms with E-state index in [9.17, 15) is 18.0 Å². The Balaban J connectivity index is 0.000000344. The average molecular weight is 470 g/mol. The summed E-state index contributed by atoms with van der Waals surface area (Å²) in [5.41, 5.74) is 5.72. The summed E-state index contributed by atoms with van der Waals surface area (Å²) in [6, 6.07) is 15.4. The zero-order valence-corrected chi connectivity index (χ0v) is 18.1. The monoisotopic (exact) mass is 470 g/mol. The van der Waals surface area contributed by atoms with Crippen molar-refractivity contribution < 1.29 is 27.9 Å². The maximum atomic E-state index is 12.6. The second-order valence-electron chi connectivity index (χ2n) is 7.90. The van der Waals surface area contributed by atoms with Gasteiger partial charge in [-0.2, -0.15) is 13.2 Å². The van der Waals surface area contributed by atoms with Gasteiger partial charge >= 0.3 is 12.1 Å². The second-order valence-corrected chi connectivity index (χ2v) is 7.90. The number of amides is 1. The minimum atomic E-state index is -5.08. The van der Waals surface area contributed by atoms with E-state index >= 15 is 0 Å². The largest absolute Gasteiger partial charge is 0.490 e. The summed E-state index contributed by atoms with van der Waals surface area (Å²) in [7, 11) is 0. The van der Waals surface area contributed by atoms with Gasteiger partial charge in [-0.1, -0.05) is 0 Å². The molecule has 1 saturated carbocycles. The number of alkyl halides is 3. The van der Waals surface area contributed by atoms with E-state index in [1.165, 1.54) is 24.2 Å². The number of carboxylic acids is 1. The summed E-state index contributed by atoms with van der Waals surface area (Å²) in [6.45, 7) is 2.10. The van der Waals surface area contributed by atoms with Crippen molar-refractivity contribution in [1.82, 2.24) is 14.0 Å². The summed E-state index contributed by atoms with van der Waals surface area (Å²) in [5, 5.41) is 10.1. The number of imidazole rings is 1. The zero-order valence-electron chi connectivity index (χ0n) is 18.1. The molecule has 1 aromatic carbocycles. The molecule has 0 spiro atoms. The summed E-state index contributed by atoms with van der Waals surface area (Å²) in [5.74, 6) is -2.26. The van der Waals surface area contributed by atoms with Crippen molar-refractivity contribution in [2.45, 2.75) is 31.9 Å². The molecule has 0 atom stereocenters. The fraction of sp³-hybridized carbons (Fsp3) is 0.208. The highest BCUT2D eigenvalue weighted by Crippen LogP contribution is 2.41. The molecule has 1 aliphatic rings. The number of hydrogen-bond donors (Lipinski definition) is 2. The maximum absolute atomic E-state index is 12.6. The Bertz CT molecular complexity index is 1320. The fourth-order valence-electron chi connectivity index (χ4n) is 3.49. The van der Waals surface area contributed by atoms with Gasteiger partial charge in [0.25, 0.3) is 5.91 Å². The number of pyridine rings is 1. The van der Waals surface area contributed by atoms with Crippen LogP contribution in [0.25, 0.3) is 11.3 Å². The molecule has 0 unspecified atom stereocenters. The van der Waals surface area contributed by atoms with Gasteiger partial charge in [-0.3, -0.25) is 4.79 Å². The molecule has 34 heavy (non-hydrogen) atoms. The fourth-order valence-corrected chi connectivity index (χ4v) is 3.49. The molecule has 1 amide bonds. The van der Waals surface area contributed by atoms with Crippen LogP contribution in [0.15, 0.2) is 67.1 Å². The number of rotatable bonds is 4. The first-order valence-corrected chi connectivity index (χ1v) is 10.5. The SMILES string of the molecule is Cc1c(C2CC2)nc2ccc(NC(=O)c3ccc(-n4cccc4)cc3)cn12.O=C(O)C(F)(F)F. The van der Waals surface area contributed by atoms with Crippen LogP contribution in [0.4, 0.5) is 18.9 Å². The number of fused-ring (bicyclic) bond motifs is 1. The highest BCUT2D eigenvalue weighted by atomic mass is 19.4. The minimum absolute atomic E-state index is 0.117. The summed E-state index contributed by atoms with van der Waals surface area (Å²) in [6.07, 6.45) is 3.29. The quantitative estimate of drug-likeness (QED) is 0.429. The predicted octanol–water partition coefficient (Wildman–Crippen LogP) is 5.20. The van der Waals surface area contributed by atoms with Crippen LogP contribution < -0.4 is 5.32 Å². The van der Waals surface area contributed by atoms with Crippen molar-refractivity contribution in [3.63, 3.8) is 0 Å². The third-order valence-electron chi connectivity index (χ3n) is 5.39. The molecule has 10 heteroatoms. The molecule has 3 heterocycles. The lowest BCUT2D eigenvalue weighted by atomic mass is 10.2. The molecule has 7 nitrogen and oxygen atoms in total. The van der Waals surface area contributed by atoms with E-state index in [1.807, 2.05) is 71.7 Å². The molecule has 176 valence electrons. The van der Waals surface area contributed by atoms with Gasteiger partial charge in [0.05, 0.1) is 11.4 Å². The lowest BCUT2D eigenvalue weighted by Crippen LogP contribution is -2.21. The number of hydrogen-bond acceptors (Lipinski definition) is 3. The van der Waals surface area contributed by atoms with E-state index < -0.39 is 12.1 Å². The number of nitrogens with one attached hydrogen (secondary N) is 1. The van der Waals surface area contributed by atoms with Crippen molar-refractivity contribution in [2.75, 3.05) is 5.32 Å². The first kappa shape index (κ1) is 23.1. The predicted molar refractivity (Wildman–Crippen MR) is 119 cm³/mol. The first-order chi connectivity index (χ1) is 16.1. The summed E-state index contributed by atoms with van der Waals surface area (Å²) in [4.78, 5) is 26.2. The van der Waals surface area contributed by atoms with Crippen molar-refractivity contribution in [1.29, 1.82) is 0 Å². The van der Waals surface area contributed by atoms with E-state index in [2.05, 4.69) is 16.6 Å². The van der Waals surface area contributed by atoms with Crippen LogP contribution in [0.5, 0.6) is 0 Å². The van der Waals surface area contributed by atoms with Gasteiger partial charge in [-0.15, -0.1) is 0 Å². The average Bonchev–Trinajstić information content (AvgIpc) is 3.38. The van der Waals surface area contributed by atoms with Crippen LogP contribution in [0, 0.1) is 6.92 Å². The molecule has 0 saturated heterocycles. The summed E-state index contributed by atoms with van der Waals surface area (Å²) < 4.78 is 35.8. The standard InChI is InChI=1S/C22H20N4O.C2HF3O2/c1-15-21(16-4-5-16)24-20-11-8-18(14-26(15)20)23-22(27)17-6-9-19(10-7-17)25-12-2-3-13-25;3-2(4,5)1(6)7/h2-3,6-14,16H,4-5H2,1H3,(H,23,27);(H,6,7). The number of nitrogens with zero attached hydrogens (tertiary/aromatic N) is 3. The number of carbonyl (C=O) groups is 2. The van der Waals surface area contributed by atoms with E-state index in [1.54, 1.807) is 0 Å². The molecular weight excluding hydrogens is 449 g/mol. The van der Waals surface area contributed by atoms with Gasteiger partial charge in [-0.05, 0) is 68.3 Å². The van der Waals surface area contributed by atoms with Crippen molar-refractivity contribution in [3.8, 4) is 5.69 Å². The number of aromatic nitrogens is 3. The van der Waals surface area contributed by atoms with E-state index in [4.69, 9.17) is 14.9 Å². The molecule has 0 aliphatic heterocycles. The zero-order chi connectivity index (χ0) is 24.5. The highest BCUT2D eigenvalue weighted by Gasteiger charge is 2.38. The highest BCUT2D eigenvalue weighted by molar-refractivity contribution is 6.04. The van der Waals surface area contributed by atoms with Crippen molar-refractivity contribution in [3.05, 3.63) is 84.1 Å². The molecule has 1 fully saturated rings. The Labute approximate surface area is 192 Å². The first-order valence-electron chi connectivity index (χ1n) is 10.5. The molecule has 5 rings (SSSR count). The lowest BCUT2D eigenvalue weighted by Gasteiger charge is -2.08. The Morgan fingerprint density at radius 3 is 2.24 bits per heavy atom. The molecule has 4 aromatic rings. The number of aliphatic carboxylic acids is 1. The van der Waals surface area contributed by atoms with E-state index in [0.29, 0.717) is 11.5 Å². The van der Waals surface area contributed by atoms with E-state index in [0.717, 1.165) is 17.0 Å². The van der Waals surface area contributed by atoms with Crippen molar-refractivity contribution >= 4 is 23.2 Å². The smallest absolute Gasteiger partial charge is 0.475 e. The van der Waals surface area contributed by atoms with Crippen molar-refractivity contribution in [2.24, 2.45) is 0 Å². The van der Waals surface area contributed by atoms with Crippen LogP contribution in [0.2, 0.25) is 0 Å². The number of carboxylic acid groups (broad SMARTS) is 1. The molecule has 1 aliphatic carbocycles. The van der Waals surface area contributed by atoms with Crippen LogP contribution in [0.1, 0.15) is 40.5 Å². The third kappa shape index (κ3) is 5.11. The third-order valence-corrected chi connectivity index (χ3v) is 5.39. The van der Waals surface area contributed by atoms with Gasteiger partial charge in [0.1, 0.15) is 5.65 Å². The van der Waals surface area contributed by atoms with Crippen LogP contribution >= 0.6 is 0 Å². The normalized spacial score (nSPS) is 13.3. The number of halogens is 3. The second kappa shape index (κ2) is 9.05. The minimum Gasteiger partial charge on any atom is -0.475 e. The topological polar surface area (TPSA) is 88.6 Å². The van der Waals surface area contributed by atoms with Crippen LogP contribution in [-0.4, -0.2) is 37.1 Å². The number of anilines is 1. The van der Waals surface area contributed by atoms with Gasteiger partial charge in [0.15, 0.2) is 0 Å². The maximum Gasteiger partial charge on any atom is 0.490 e. The van der Waals surface area contributed by atoms with Gasteiger partial charge in [0, 0.05) is 41.5 Å². The van der Waals surface area contributed by atoms with Crippen LogP contribution in [0.3, 0.4) is 0 Å². The Morgan fingerprint density at radius 1 is 1.06 bits per heavy atom. The van der Waals surface area contributed by atoms with E-state index in [-0.39, 0.29) is 5.91 Å². The number of aryl methyl sites for hydroxylation is 1. The van der Waals surface area contributed by atoms with Gasteiger partial charge < -0.3 is 19.4 Å². The van der Waals surface area contributed by atoms with Gasteiger partial charge in [0.2, 0.25) is 0 Å². The summed E-state index contributed by atoms with van der Waals surface area (Å²) >= 11 is 0. The Hall–Kier alpha value is -4.08. The van der Waals surface area contributed by atoms with Gasteiger partial charge in [-0.25, -0.2) is 9.78 Å². The Morgan fingerprint density at radius 2 is 1.68 bits per heavy atom. The number of benzene rings is 1. The molecule has 0 bridgehead atoms. The molecular formula is C24H21F3N4O3. The van der Waals surface area contributed by atoms with Crippen LogP contribution in [-0.2, 0) is 4.79 Å². The number of carbonyl (C=O) groups excluding carboxylic acids is 1. The molecule has 2 N–H and O–H groups in total. The molecule has 3 aromatic heterocycles. The lowest BCUT2D eigenvalue weighted by molar-refractivity contribution is -0.192. The Kier molecular flexibility index (Phi) is 6.14. The molecule has 0 radical (unpaired) electrons.